The SMILES string of the molecule is COc1ccc(C(=O)NCC(O)CC(C)(C)C)cc1O. The van der Waals surface area contributed by atoms with E-state index in [1.54, 1.807) is 6.07 Å². The third-order valence-corrected chi connectivity index (χ3v) is 2.79. The molecule has 20 heavy (non-hydrogen) atoms. The molecule has 5 heteroatoms. The molecule has 0 aliphatic carbocycles. The molecule has 0 bridgehead atoms. The highest BCUT2D eigenvalue weighted by Gasteiger charge is 2.17. The molecule has 1 amide bonds. The van der Waals surface area contributed by atoms with Crippen LogP contribution in [0.4, 0.5) is 0 Å². The smallest absolute Gasteiger partial charge is 0.251 e. The highest BCUT2D eigenvalue weighted by Crippen LogP contribution is 2.26. The Bertz CT molecular complexity index is 465. The van der Waals surface area contributed by atoms with Gasteiger partial charge in [-0.15, -0.1) is 0 Å². The van der Waals surface area contributed by atoms with Gasteiger partial charge in [-0.1, -0.05) is 20.8 Å². The van der Waals surface area contributed by atoms with Crippen LogP contribution in [-0.2, 0) is 0 Å². The van der Waals surface area contributed by atoms with E-state index >= 15 is 0 Å². The van der Waals surface area contributed by atoms with Gasteiger partial charge in [-0.2, -0.15) is 0 Å². The standard InChI is InChI=1S/C15H23NO4/c1-15(2,3)8-11(17)9-16-14(19)10-5-6-13(20-4)12(18)7-10/h5-7,11,17-18H,8-9H2,1-4H3,(H,16,19). The van der Waals surface area contributed by atoms with Gasteiger partial charge in [0.25, 0.3) is 5.91 Å². The molecule has 0 saturated heterocycles. The second kappa shape index (κ2) is 6.61. The predicted molar refractivity (Wildman–Crippen MR) is 77.1 cm³/mol. The van der Waals surface area contributed by atoms with Crippen LogP contribution in [0.2, 0.25) is 0 Å². The van der Waals surface area contributed by atoms with E-state index in [-0.39, 0.29) is 23.6 Å². The fraction of sp³-hybridized carbons (Fsp3) is 0.533. The average Bonchev–Trinajstić information content (AvgIpc) is 2.33. The summed E-state index contributed by atoms with van der Waals surface area (Å²) in [5.74, 6) is -0.111. The number of hydrogen-bond donors (Lipinski definition) is 3. The number of nitrogens with one attached hydrogen (secondary N) is 1. The van der Waals surface area contributed by atoms with Crippen LogP contribution in [0.15, 0.2) is 18.2 Å². The van der Waals surface area contributed by atoms with Crippen molar-refractivity contribution < 1.29 is 19.7 Å². The van der Waals surface area contributed by atoms with Gasteiger partial charge in [-0.05, 0) is 30.0 Å². The monoisotopic (exact) mass is 281 g/mol. The minimum absolute atomic E-state index is 0.00251. The van der Waals surface area contributed by atoms with Crippen LogP contribution in [0.25, 0.3) is 0 Å². The first-order valence-electron chi connectivity index (χ1n) is 6.56. The van der Waals surface area contributed by atoms with Crippen molar-refractivity contribution in [1.29, 1.82) is 0 Å². The summed E-state index contributed by atoms with van der Waals surface area (Å²) in [6.07, 6.45) is 0.00650. The molecule has 3 N–H and O–H groups in total. The van der Waals surface area contributed by atoms with E-state index in [4.69, 9.17) is 4.74 Å². The molecule has 1 rings (SSSR count). The number of carbonyl (C=O) groups excluding carboxylic acids is 1. The Morgan fingerprint density at radius 1 is 1.40 bits per heavy atom. The summed E-state index contributed by atoms with van der Waals surface area (Å²) >= 11 is 0. The molecule has 0 heterocycles. The first-order chi connectivity index (χ1) is 9.23. The van der Waals surface area contributed by atoms with Gasteiger partial charge in [0.2, 0.25) is 0 Å². The number of aliphatic hydroxyl groups excluding tert-OH is 1. The Balaban J connectivity index is 2.57. The van der Waals surface area contributed by atoms with E-state index < -0.39 is 6.10 Å². The molecule has 112 valence electrons. The average molecular weight is 281 g/mol. The van der Waals surface area contributed by atoms with Crippen LogP contribution in [-0.4, -0.2) is 35.9 Å². The second-order valence-electron chi connectivity index (χ2n) is 6.02. The van der Waals surface area contributed by atoms with Crippen LogP contribution in [0, 0.1) is 5.41 Å². The normalized spacial score (nSPS) is 12.8. The van der Waals surface area contributed by atoms with Gasteiger partial charge in [-0.3, -0.25) is 4.79 Å². The van der Waals surface area contributed by atoms with E-state index in [1.165, 1.54) is 19.2 Å². The van der Waals surface area contributed by atoms with Gasteiger partial charge in [0, 0.05) is 12.1 Å². The lowest BCUT2D eigenvalue weighted by molar-refractivity contribution is 0.0868. The summed E-state index contributed by atoms with van der Waals surface area (Å²) in [5, 5.41) is 22.1. The van der Waals surface area contributed by atoms with E-state index in [9.17, 15) is 15.0 Å². The lowest BCUT2D eigenvalue weighted by atomic mass is 9.89. The molecule has 1 atom stereocenters. The van der Waals surface area contributed by atoms with E-state index in [0.717, 1.165) is 0 Å². The molecular weight excluding hydrogens is 258 g/mol. The lowest BCUT2D eigenvalue weighted by Crippen LogP contribution is -2.34. The summed E-state index contributed by atoms with van der Waals surface area (Å²) in [5.41, 5.74) is 0.328. The van der Waals surface area contributed by atoms with Crippen LogP contribution >= 0.6 is 0 Å². The van der Waals surface area contributed by atoms with Crippen molar-refractivity contribution in [1.82, 2.24) is 5.32 Å². The molecule has 1 aromatic rings. The van der Waals surface area contributed by atoms with Crippen LogP contribution < -0.4 is 10.1 Å². The Morgan fingerprint density at radius 3 is 2.55 bits per heavy atom. The van der Waals surface area contributed by atoms with Gasteiger partial charge in [-0.25, -0.2) is 0 Å². The summed E-state index contributed by atoms with van der Waals surface area (Å²) in [7, 11) is 1.44. The molecule has 5 nitrogen and oxygen atoms in total. The Hall–Kier alpha value is -1.75. The summed E-state index contributed by atoms with van der Waals surface area (Å²) in [6.45, 7) is 6.27. The zero-order valence-electron chi connectivity index (χ0n) is 12.4. The fourth-order valence-electron chi connectivity index (χ4n) is 1.92. The highest BCUT2D eigenvalue weighted by molar-refractivity contribution is 5.94. The number of amides is 1. The molecular formula is C15H23NO4. The Morgan fingerprint density at radius 2 is 2.05 bits per heavy atom. The first-order valence-corrected chi connectivity index (χ1v) is 6.56. The third-order valence-electron chi connectivity index (χ3n) is 2.79. The first kappa shape index (κ1) is 16.3. The van der Waals surface area contributed by atoms with E-state index in [1.807, 2.05) is 20.8 Å². The summed E-state index contributed by atoms with van der Waals surface area (Å²) in [4.78, 5) is 11.9. The number of aliphatic hydroxyl groups is 1. The topological polar surface area (TPSA) is 78.8 Å². The maximum atomic E-state index is 11.9. The quantitative estimate of drug-likeness (QED) is 0.770. The number of carbonyl (C=O) groups is 1. The lowest BCUT2D eigenvalue weighted by Gasteiger charge is -2.22. The molecule has 0 aliphatic rings. The van der Waals surface area contributed by atoms with Gasteiger partial charge in [0.05, 0.1) is 13.2 Å². The van der Waals surface area contributed by atoms with E-state index in [0.29, 0.717) is 17.7 Å². The fourth-order valence-corrected chi connectivity index (χ4v) is 1.92. The number of methoxy groups -OCH3 is 1. The van der Waals surface area contributed by atoms with Crippen molar-refractivity contribution in [2.45, 2.75) is 33.3 Å². The Kier molecular flexibility index (Phi) is 5.39. The van der Waals surface area contributed by atoms with Crippen molar-refractivity contribution in [3.63, 3.8) is 0 Å². The molecule has 0 aromatic heterocycles. The van der Waals surface area contributed by atoms with Gasteiger partial charge >= 0.3 is 0 Å². The van der Waals surface area contributed by atoms with Gasteiger partial charge < -0.3 is 20.3 Å². The number of phenols is 1. The van der Waals surface area contributed by atoms with Gasteiger partial charge in [0.1, 0.15) is 0 Å². The van der Waals surface area contributed by atoms with Crippen LogP contribution in [0.1, 0.15) is 37.6 Å². The predicted octanol–water partition coefficient (Wildman–Crippen LogP) is 1.93. The molecule has 0 spiro atoms. The second-order valence-corrected chi connectivity index (χ2v) is 6.02. The number of rotatable bonds is 5. The zero-order valence-corrected chi connectivity index (χ0v) is 12.4. The van der Waals surface area contributed by atoms with E-state index in [2.05, 4.69) is 5.32 Å². The molecule has 1 unspecified atom stereocenters. The van der Waals surface area contributed by atoms with Crippen LogP contribution in [0.3, 0.4) is 0 Å². The van der Waals surface area contributed by atoms with Crippen molar-refractivity contribution in [3.05, 3.63) is 23.8 Å². The molecule has 0 fully saturated rings. The number of hydrogen-bond acceptors (Lipinski definition) is 4. The largest absolute Gasteiger partial charge is 0.504 e. The number of phenolic OH excluding ortho intramolecular Hbond substituents is 1. The van der Waals surface area contributed by atoms with Crippen molar-refractivity contribution in [2.24, 2.45) is 5.41 Å². The third kappa shape index (κ3) is 5.09. The molecule has 1 aromatic carbocycles. The van der Waals surface area contributed by atoms with Crippen LogP contribution in [0.5, 0.6) is 11.5 Å². The number of ether oxygens (including phenoxy) is 1. The minimum atomic E-state index is -0.592. The minimum Gasteiger partial charge on any atom is -0.504 e. The summed E-state index contributed by atoms with van der Waals surface area (Å²) in [6, 6.07) is 4.42. The number of aromatic hydroxyl groups is 1. The Labute approximate surface area is 119 Å². The zero-order chi connectivity index (χ0) is 15.3. The maximum Gasteiger partial charge on any atom is 0.251 e. The highest BCUT2D eigenvalue weighted by atomic mass is 16.5. The molecule has 0 aliphatic heterocycles. The molecule has 0 saturated carbocycles. The summed E-state index contributed by atoms with van der Waals surface area (Å²) < 4.78 is 4.91. The van der Waals surface area contributed by atoms with Crippen molar-refractivity contribution >= 4 is 5.91 Å². The van der Waals surface area contributed by atoms with Crippen molar-refractivity contribution in [2.75, 3.05) is 13.7 Å². The number of benzene rings is 1. The van der Waals surface area contributed by atoms with Crippen molar-refractivity contribution in [3.8, 4) is 11.5 Å². The molecule has 0 radical (unpaired) electrons. The maximum absolute atomic E-state index is 11.9. The van der Waals surface area contributed by atoms with Gasteiger partial charge in [0.15, 0.2) is 11.5 Å².